The Hall–Kier alpha value is -2.61. The molecule has 0 fully saturated rings. The quantitative estimate of drug-likeness (QED) is 0.705. The van der Waals surface area contributed by atoms with Gasteiger partial charge in [0, 0.05) is 11.5 Å². The molecular formula is C17H19N5O2S. The van der Waals surface area contributed by atoms with Gasteiger partial charge in [-0.25, -0.2) is 9.67 Å². The van der Waals surface area contributed by atoms with Gasteiger partial charge in [0.25, 0.3) is 0 Å². The van der Waals surface area contributed by atoms with Crippen molar-refractivity contribution in [2.75, 3.05) is 11.1 Å². The first-order chi connectivity index (χ1) is 11.9. The zero-order chi connectivity index (χ0) is 17.9. The Kier molecular flexibility index (Phi) is 4.89. The fourth-order valence-corrected chi connectivity index (χ4v) is 2.61. The number of benzene rings is 1. The van der Waals surface area contributed by atoms with Crippen LogP contribution in [0.4, 0.5) is 5.88 Å². The molecule has 1 N–H and O–H groups in total. The van der Waals surface area contributed by atoms with Crippen molar-refractivity contribution in [1.29, 1.82) is 0 Å². The van der Waals surface area contributed by atoms with Crippen molar-refractivity contribution in [2.45, 2.75) is 31.3 Å². The molecule has 0 aliphatic heterocycles. The molecule has 7 nitrogen and oxygen atoms in total. The smallest absolute Gasteiger partial charge is 0.237 e. The van der Waals surface area contributed by atoms with Crippen LogP contribution in [0.5, 0.6) is 0 Å². The van der Waals surface area contributed by atoms with E-state index in [4.69, 9.17) is 4.52 Å². The molecule has 0 saturated carbocycles. The van der Waals surface area contributed by atoms with Gasteiger partial charge in [-0.15, -0.1) is 5.10 Å². The molecule has 0 aliphatic carbocycles. The number of amides is 1. The molecule has 130 valence electrons. The molecular weight excluding hydrogens is 338 g/mol. The van der Waals surface area contributed by atoms with E-state index < -0.39 is 0 Å². The lowest BCUT2D eigenvalue weighted by atomic mass is 9.92. The van der Waals surface area contributed by atoms with Gasteiger partial charge in [-0.2, -0.15) is 0 Å². The minimum absolute atomic E-state index is 0.130. The van der Waals surface area contributed by atoms with Gasteiger partial charge in [0.1, 0.15) is 6.33 Å². The number of anilines is 1. The first-order valence-corrected chi connectivity index (χ1v) is 8.77. The van der Waals surface area contributed by atoms with E-state index in [1.807, 2.05) is 51.1 Å². The maximum Gasteiger partial charge on any atom is 0.237 e. The maximum atomic E-state index is 12.0. The molecule has 25 heavy (non-hydrogen) atoms. The zero-order valence-corrected chi connectivity index (χ0v) is 15.1. The molecule has 0 radical (unpaired) electrons. The average Bonchev–Trinajstić information content (AvgIpc) is 3.23. The van der Waals surface area contributed by atoms with Crippen molar-refractivity contribution in [2.24, 2.45) is 0 Å². The summed E-state index contributed by atoms with van der Waals surface area (Å²) in [7, 11) is 0. The lowest BCUT2D eigenvalue weighted by Crippen LogP contribution is -2.14. The van der Waals surface area contributed by atoms with Gasteiger partial charge >= 0.3 is 0 Å². The Balaban J connectivity index is 1.54. The van der Waals surface area contributed by atoms with Gasteiger partial charge in [0.15, 0.2) is 0 Å². The minimum Gasteiger partial charge on any atom is -0.338 e. The Morgan fingerprint density at radius 2 is 2.04 bits per heavy atom. The molecule has 1 amide bonds. The highest BCUT2D eigenvalue weighted by atomic mass is 32.2. The second kappa shape index (κ2) is 7.10. The highest BCUT2D eigenvalue weighted by molar-refractivity contribution is 7.99. The van der Waals surface area contributed by atoms with Gasteiger partial charge in [-0.05, 0) is 12.1 Å². The first-order valence-electron chi connectivity index (χ1n) is 7.79. The number of nitrogens with zero attached hydrogens (tertiary/aromatic N) is 4. The molecule has 0 unspecified atom stereocenters. The van der Waals surface area contributed by atoms with Crippen LogP contribution in [-0.4, -0.2) is 31.6 Å². The summed E-state index contributed by atoms with van der Waals surface area (Å²) >= 11 is 1.26. The SMILES string of the molecule is CC(C)(C)c1cc(NC(=O)CSc2ncn(-c3ccccc3)n2)on1. The topological polar surface area (TPSA) is 85.8 Å². The Morgan fingerprint density at radius 1 is 1.28 bits per heavy atom. The Bertz CT molecular complexity index is 851. The first kappa shape index (κ1) is 17.2. The number of hydrogen-bond acceptors (Lipinski definition) is 6. The fraction of sp³-hybridized carbons (Fsp3) is 0.294. The number of thioether (sulfide) groups is 1. The summed E-state index contributed by atoms with van der Waals surface area (Å²) in [5, 5.41) is 11.5. The normalized spacial score (nSPS) is 11.5. The van der Waals surface area contributed by atoms with E-state index in [1.165, 1.54) is 11.8 Å². The number of carbonyl (C=O) groups is 1. The van der Waals surface area contributed by atoms with E-state index in [-0.39, 0.29) is 17.1 Å². The van der Waals surface area contributed by atoms with E-state index in [0.717, 1.165) is 11.4 Å². The molecule has 2 heterocycles. The van der Waals surface area contributed by atoms with Crippen molar-refractivity contribution >= 4 is 23.6 Å². The van der Waals surface area contributed by atoms with Crippen molar-refractivity contribution in [1.82, 2.24) is 19.9 Å². The number of rotatable bonds is 5. The van der Waals surface area contributed by atoms with Crippen LogP contribution in [0.25, 0.3) is 5.69 Å². The van der Waals surface area contributed by atoms with Crippen molar-refractivity contribution in [3.05, 3.63) is 48.4 Å². The highest BCUT2D eigenvalue weighted by Crippen LogP contribution is 2.24. The number of nitrogens with one attached hydrogen (secondary N) is 1. The van der Waals surface area contributed by atoms with Gasteiger partial charge in [0.05, 0.1) is 17.1 Å². The molecule has 1 aromatic carbocycles. The number of para-hydroxylation sites is 1. The van der Waals surface area contributed by atoms with Crippen LogP contribution in [0.3, 0.4) is 0 Å². The number of carbonyl (C=O) groups excluding carboxylic acids is 1. The Labute approximate surface area is 149 Å². The summed E-state index contributed by atoms with van der Waals surface area (Å²) in [6.45, 7) is 6.09. The predicted molar refractivity (Wildman–Crippen MR) is 95.9 cm³/mol. The molecule has 3 rings (SSSR count). The summed E-state index contributed by atoms with van der Waals surface area (Å²) in [6, 6.07) is 11.4. The van der Waals surface area contributed by atoms with Gasteiger partial charge in [0.2, 0.25) is 16.9 Å². The molecule has 0 spiro atoms. The molecule has 0 aliphatic rings. The summed E-state index contributed by atoms with van der Waals surface area (Å²) in [6.07, 6.45) is 1.63. The van der Waals surface area contributed by atoms with Gasteiger partial charge in [-0.3, -0.25) is 10.1 Å². The standard InChI is InChI=1S/C17H19N5O2S/c1-17(2,3)13-9-15(24-21-13)19-14(23)10-25-16-18-11-22(20-16)12-7-5-4-6-8-12/h4-9,11H,10H2,1-3H3,(H,19,23). The third-order valence-corrected chi connectivity index (χ3v) is 4.22. The lowest BCUT2D eigenvalue weighted by molar-refractivity contribution is -0.113. The third-order valence-electron chi connectivity index (χ3n) is 3.37. The molecule has 8 heteroatoms. The van der Waals surface area contributed by atoms with Crippen molar-refractivity contribution in [3.8, 4) is 5.69 Å². The van der Waals surface area contributed by atoms with Crippen LogP contribution < -0.4 is 5.32 Å². The zero-order valence-electron chi connectivity index (χ0n) is 14.3. The van der Waals surface area contributed by atoms with E-state index in [0.29, 0.717) is 11.0 Å². The molecule has 3 aromatic rings. The highest BCUT2D eigenvalue weighted by Gasteiger charge is 2.19. The summed E-state index contributed by atoms with van der Waals surface area (Å²) in [5.74, 6) is 0.334. The van der Waals surface area contributed by atoms with E-state index in [1.54, 1.807) is 17.1 Å². The predicted octanol–water partition coefficient (Wildman–Crippen LogP) is 3.28. The van der Waals surface area contributed by atoms with E-state index in [2.05, 4.69) is 20.6 Å². The van der Waals surface area contributed by atoms with E-state index >= 15 is 0 Å². The monoisotopic (exact) mass is 357 g/mol. The van der Waals surface area contributed by atoms with Crippen LogP contribution >= 0.6 is 11.8 Å². The van der Waals surface area contributed by atoms with Crippen molar-refractivity contribution < 1.29 is 9.32 Å². The summed E-state index contributed by atoms with van der Waals surface area (Å²) in [4.78, 5) is 16.2. The molecule has 0 saturated heterocycles. The van der Waals surface area contributed by atoms with Crippen LogP contribution in [0.15, 0.2) is 52.4 Å². The van der Waals surface area contributed by atoms with Crippen LogP contribution in [-0.2, 0) is 10.2 Å². The largest absolute Gasteiger partial charge is 0.338 e. The van der Waals surface area contributed by atoms with Crippen LogP contribution in [0.1, 0.15) is 26.5 Å². The molecule has 0 bridgehead atoms. The van der Waals surface area contributed by atoms with Crippen molar-refractivity contribution in [3.63, 3.8) is 0 Å². The second-order valence-corrected chi connectivity index (χ2v) is 7.41. The Morgan fingerprint density at radius 3 is 2.72 bits per heavy atom. The lowest BCUT2D eigenvalue weighted by Gasteiger charge is -2.12. The molecule has 2 aromatic heterocycles. The second-order valence-electron chi connectivity index (χ2n) is 6.47. The molecule has 0 atom stereocenters. The van der Waals surface area contributed by atoms with Crippen LogP contribution in [0, 0.1) is 0 Å². The van der Waals surface area contributed by atoms with Gasteiger partial charge < -0.3 is 4.52 Å². The maximum absolute atomic E-state index is 12.0. The fourth-order valence-electron chi connectivity index (χ4n) is 2.01. The third kappa shape index (κ3) is 4.48. The minimum atomic E-state index is -0.197. The summed E-state index contributed by atoms with van der Waals surface area (Å²) in [5.41, 5.74) is 1.58. The number of hydrogen-bond donors (Lipinski definition) is 1. The van der Waals surface area contributed by atoms with Gasteiger partial charge in [-0.1, -0.05) is 55.9 Å². The van der Waals surface area contributed by atoms with E-state index in [9.17, 15) is 4.79 Å². The van der Waals surface area contributed by atoms with Crippen LogP contribution in [0.2, 0.25) is 0 Å². The average molecular weight is 357 g/mol. The summed E-state index contributed by atoms with van der Waals surface area (Å²) < 4.78 is 6.82. The number of aromatic nitrogens is 4.